The van der Waals surface area contributed by atoms with Crippen molar-refractivity contribution in [2.24, 2.45) is 5.92 Å². The van der Waals surface area contributed by atoms with E-state index in [2.05, 4.69) is 4.42 Å². The van der Waals surface area contributed by atoms with Crippen LogP contribution in [0.15, 0.2) is 23.0 Å². The number of carbonyl (C=O) groups is 2. The molecule has 5 heteroatoms. The van der Waals surface area contributed by atoms with E-state index >= 15 is 0 Å². The lowest BCUT2D eigenvalue weighted by Gasteiger charge is -2.03. The van der Waals surface area contributed by atoms with Crippen LogP contribution in [0.2, 0.25) is 0 Å². The lowest BCUT2D eigenvalue weighted by atomic mass is 10.0. The molecule has 0 radical (unpaired) electrons. The first kappa shape index (κ1) is 9.31. The molecule has 70 valence electrons. The van der Waals surface area contributed by atoms with Crippen LogP contribution in [0, 0.1) is 5.92 Å². The van der Waals surface area contributed by atoms with E-state index < -0.39 is 17.9 Å². The van der Waals surface area contributed by atoms with Crippen molar-refractivity contribution >= 4 is 11.9 Å². The van der Waals surface area contributed by atoms with Crippen molar-refractivity contribution in [1.29, 1.82) is 0 Å². The van der Waals surface area contributed by atoms with Crippen LogP contribution in [0.4, 0.5) is 0 Å². The van der Waals surface area contributed by atoms with Crippen molar-refractivity contribution in [2.45, 2.75) is 6.42 Å². The normalized spacial score (nSPS) is 10.2. The van der Waals surface area contributed by atoms with E-state index in [0.717, 1.165) is 0 Å². The number of hydrogen-bond acceptors (Lipinski definition) is 3. The monoisotopic (exact) mass is 184 g/mol. The van der Waals surface area contributed by atoms with E-state index in [1.165, 1.54) is 12.5 Å². The second kappa shape index (κ2) is 3.75. The Bertz CT molecular complexity index is 286. The van der Waals surface area contributed by atoms with Gasteiger partial charge in [0.15, 0.2) is 5.92 Å². The van der Waals surface area contributed by atoms with Crippen LogP contribution in [0.3, 0.4) is 0 Å². The van der Waals surface area contributed by atoms with Crippen LogP contribution < -0.4 is 0 Å². The topological polar surface area (TPSA) is 87.7 Å². The third-order valence-corrected chi connectivity index (χ3v) is 1.62. The average Bonchev–Trinajstić information content (AvgIpc) is 2.50. The molecule has 0 amide bonds. The minimum absolute atomic E-state index is 0.0544. The first-order valence-electron chi connectivity index (χ1n) is 3.58. The molecule has 0 atom stereocenters. The SMILES string of the molecule is O=C(O)C(Cc1ccoc1)C(=O)O. The molecule has 0 aliphatic rings. The molecule has 0 aromatic carbocycles. The Balaban J connectivity index is 2.69. The molecular weight excluding hydrogens is 176 g/mol. The average molecular weight is 184 g/mol. The summed E-state index contributed by atoms with van der Waals surface area (Å²) in [4.78, 5) is 20.9. The van der Waals surface area contributed by atoms with Gasteiger partial charge in [0.05, 0.1) is 12.5 Å². The summed E-state index contributed by atoms with van der Waals surface area (Å²) in [7, 11) is 0. The van der Waals surface area contributed by atoms with Gasteiger partial charge in [-0.1, -0.05) is 0 Å². The maximum Gasteiger partial charge on any atom is 0.318 e. The summed E-state index contributed by atoms with van der Waals surface area (Å²) in [6, 6.07) is 1.54. The highest BCUT2D eigenvalue weighted by atomic mass is 16.4. The lowest BCUT2D eigenvalue weighted by Crippen LogP contribution is -2.25. The van der Waals surface area contributed by atoms with E-state index in [1.54, 1.807) is 6.07 Å². The van der Waals surface area contributed by atoms with Gasteiger partial charge < -0.3 is 14.6 Å². The Morgan fingerprint density at radius 2 is 2.00 bits per heavy atom. The molecular formula is C8H8O5. The summed E-state index contributed by atoms with van der Waals surface area (Å²) in [6.07, 6.45) is 2.65. The first-order chi connectivity index (χ1) is 6.11. The van der Waals surface area contributed by atoms with Crippen LogP contribution in [0.25, 0.3) is 0 Å². The lowest BCUT2D eigenvalue weighted by molar-refractivity contribution is -0.154. The molecule has 0 fully saturated rings. The van der Waals surface area contributed by atoms with Crippen molar-refractivity contribution in [3.05, 3.63) is 24.2 Å². The molecule has 1 rings (SSSR count). The van der Waals surface area contributed by atoms with Crippen LogP contribution in [-0.4, -0.2) is 22.2 Å². The first-order valence-corrected chi connectivity index (χ1v) is 3.58. The van der Waals surface area contributed by atoms with Gasteiger partial charge in [-0.05, 0) is 18.1 Å². The predicted octanol–water partition coefficient (Wildman–Crippen LogP) is 0.608. The zero-order valence-electron chi connectivity index (χ0n) is 6.64. The number of carboxylic acid groups (broad SMARTS) is 2. The molecule has 1 heterocycles. The summed E-state index contributed by atoms with van der Waals surface area (Å²) in [5, 5.41) is 17.1. The molecule has 0 saturated carbocycles. The summed E-state index contributed by atoms with van der Waals surface area (Å²) in [5.74, 6) is -4.08. The van der Waals surface area contributed by atoms with Crippen LogP contribution >= 0.6 is 0 Å². The largest absolute Gasteiger partial charge is 0.481 e. The molecule has 0 saturated heterocycles. The Morgan fingerprint density at radius 3 is 2.38 bits per heavy atom. The Labute approximate surface area is 73.6 Å². The van der Waals surface area contributed by atoms with E-state index in [-0.39, 0.29) is 6.42 Å². The second-order valence-electron chi connectivity index (χ2n) is 2.56. The maximum atomic E-state index is 10.5. The van der Waals surface area contributed by atoms with Gasteiger partial charge in [-0.2, -0.15) is 0 Å². The fourth-order valence-corrected chi connectivity index (χ4v) is 0.925. The molecule has 13 heavy (non-hydrogen) atoms. The zero-order chi connectivity index (χ0) is 9.84. The van der Waals surface area contributed by atoms with Crippen LogP contribution in [0.5, 0.6) is 0 Å². The van der Waals surface area contributed by atoms with Crippen molar-refractivity contribution in [3.63, 3.8) is 0 Å². The molecule has 0 unspecified atom stereocenters. The molecule has 0 aliphatic heterocycles. The number of carboxylic acids is 2. The Morgan fingerprint density at radius 1 is 1.38 bits per heavy atom. The molecule has 2 N–H and O–H groups in total. The van der Waals surface area contributed by atoms with E-state index in [0.29, 0.717) is 5.56 Å². The molecule has 0 spiro atoms. The zero-order valence-corrected chi connectivity index (χ0v) is 6.64. The predicted molar refractivity (Wildman–Crippen MR) is 41.2 cm³/mol. The minimum Gasteiger partial charge on any atom is -0.481 e. The number of hydrogen-bond donors (Lipinski definition) is 2. The standard InChI is InChI=1S/C8H8O5/c9-7(10)6(8(11)12)3-5-1-2-13-4-5/h1-2,4,6H,3H2,(H,9,10)(H,11,12). The number of aliphatic carboxylic acids is 2. The van der Waals surface area contributed by atoms with Gasteiger partial charge in [-0.15, -0.1) is 0 Å². The minimum atomic E-state index is -1.41. The molecule has 0 bridgehead atoms. The van der Waals surface area contributed by atoms with E-state index in [1.807, 2.05) is 0 Å². The van der Waals surface area contributed by atoms with Gasteiger partial charge in [0.1, 0.15) is 0 Å². The van der Waals surface area contributed by atoms with Crippen molar-refractivity contribution in [1.82, 2.24) is 0 Å². The van der Waals surface area contributed by atoms with Gasteiger partial charge in [0.25, 0.3) is 0 Å². The highest BCUT2D eigenvalue weighted by Crippen LogP contribution is 2.09. The van der Waals surface area contributed by atoms with Gasteiger partial charge >= 0.3 is 11.9 Å². The molecule has 0 aliphatic carbocycles. The molecule has 5 nitrogen and oxygen atoms in total. The smallest absolute Gasteiger partial charge is 0.318 e. The van der Waals surface area contributed by atoms with Crippen LogP contribution in [0.1, 0.15) is 5.56 Å². The van der Waals surface area contributed by atoms with Crippen LogP contribution in [-0.2, 0) is 16.0 Å². The highest BCUT2D eigenvalue weighted by molar-refractivity contribution is 5.93. The summed E-state index contributed by atoms with van der Waals surface area (Å²) < 4.78 is 4.69. The number of furan rings is 1. The van der Waals surface area contributed by atoms with Gasteiger partial charge in [-0.3, -0.25) is 9.59 Å². The van der Waals surface area contributed by atoms with E-state index in [9.17, 15) is 9.59 Å². The van der Waals surface area contributed by atoms with Crippen molar-refractivity contribution in [2.75, 3.05) is 0 Å². The fraction of sp³-hybridized carbons (Fsp3) is 0.250. The Kier molecular flexibility index (Phi) is 2.69. The Hall–Kier alpha value is -1.78. The second-order valence-corrected chi connectivity index (χ2v) is 2.56. The number of rotatable bonds is 4. The molecule has 1 aromatic heterocycles. The molecule has 1 aromatic rings. The van der Waals surface area contributed by atoms with Gasteiger partial charge in [0.2, 0.25) is 0 Å². The highest BCUT2D eigenvalue weighted by Gasteiger charge is 2.26. The van der Waals surface area contributed by atoms with Crippen molar-refractivity contribution < 1.29 is 24.2 Å². The third kappa shape index (κ3) is 2.33. The summed E-state index contributed by atoms with van der Waals surface area (Å²) in [5.41, 5.74) is 0.565. The van der Waals surface area contributed by atoms with Gasteiger partial charge in [0, 0.05) is 0 Å². The maximum absolute atomic E-state index is 10.5. The third-order valence-electron chi connectivity index (χ3n) is 1.62. The summed E-state index contributed by atoms with van der Waals surface area (Å²) in [6.45, 7) is 0. The van der Waals surface area contributed by atoms with E-state index in [4.69, 9.17) is 10.2 Å². The van der Waals surface area contributed by atoms with Gasteiger partial charge in [-0.25, -0.2) is 0 Å². The van der Waals surface area contributed by atoms with Crippen molar-refractivity contribution in [3.8, 4) is 0 Å². The quantitative estimate of drug-likeness (QED) is 0.669. The fourth-order valence-electron chi connectivity index (χ4n) is 0.925. The summed E-state index contributed by atoms with van der Waals surface area (Å²) >= 11 is 0.